The summed E-state index contributed by atoms with van der Waals surface area (Å²) in [5.74, 6) is 0.281. The van der Waals surface area contributed by atoms with Crippen LogP contribution < -0.4 is 4.90 Å². The number of thioether (sulfide) groups is 1. The lowest BCUT2D eigenvalue weighted by molar-refractivity contribution is -0.384. The number of nitro groups is 1. The smallest absolute Gasteiger partial charge is 0.271 e. The zero-order valence-corrected chi connectivity index (χ0v) is 9.64. The summed E-state index contributed by atoms with van der Waals surface area (Å²) in [7, 11) is 0. The molecule has 6 nitrogen and oxygen atoms in total. The van der Waals surface area contributed by atoms with Crippen LogP contribution in [-0.4, -0.2) is 34.8 Å². The Bertz CT molecular complexity index is 477. The fraction of sp³-hybridized carbons (Fsp3) is 0.300. The van der Waals surface area contributed by atoms with Crippen molar-refractivity contribution >= 4 is 29.0 Å². The van der Waals surface area contributed by atoms with Crippen LogP contribution in [-0.2, 0) is 4.79 Å². The third-order valence-corrected chi connectivity index (χ3v) is 3.50. The number of carbonyl (C=O) groups excluding carboxylic acids is 1. The Kier molecular flexibility index (Phi) is 3.30. The van der Waals surface area contributed by atoms with E-state index in [2.05, 4.69) is 0 Å². The number of amides is 1. The number of aliphatic hydroxyl groups excluding tert-OH is 1. The summed E-state index contributed by atoms with van der Waals surface area (Å²) in [6.45, 7) is -0.134. The second kappa shape index (κ2) is 4.72. The van der Waals surface area contributed by atoms with Gasteiger partial charge in [-0.05, 0) is 6.07 Å². The minimum Gasteiger partial charge on any atom is -0.387 e. The summed E-state index contributed by atoms with van der Waals surface area (Å²) in [6.07, 6.45) is 0. The zero-order valence-electron chi connectivity index (χ0n) is 8.83. The van der Waals surface area contributed by atoms with Crippen LogP contribution in [0.5, 0.6) is 0 Å². The molecule has 0 aliphatic carbocycles. The van der Waals surface area contributed by atoms with Crippen molar-refractivity contribution < 1.29 is 14.8 Å². The lowest BCUT2D eigenvalue weighted by Gasteiger charge is -2.28. The molecule has 1 aromatic rings. The van der Waals surface area contributed by atoms with Gasteiger partial charge in [-0.1, -0.05) is 0 Å². The molecule has 0 bridgehead atoms. The molecule has 2 rings (SSSR count). The quantitative estimate of drug-likeness (QED) is 0.629. The Morgan fingerprint density at radius 3 is 3.00 bits per heavy atom. The summed E-state index contributed by atoms with van der Waals surface area (Å²) < 4.78 is 0. The van der Waals surface area contributed by atoms with E-state index in [4.69, 9.17) is 5.11 Å². The van der Waals surface area contributed by atoms with Gasteiger partial charge >= 0.3 is 0 Å². The molecule has 17 heavy (non-hydrogen) atoms. The molecule has 7 heteroatoms. The molecule has 0 unspecified atom stereocenters. The number of nitrogens with zero attached hydrogens (tertiary/aromatic N) is 2. The monoisotopic (exact) mass is 254 g/mol. The van der Waals surface area contributed by atoms with E-state index in [1.165, 1.54) is 17.0 Å². The SMILES string of the molecule is O=C(CO)N1CCSc2ccc([N+](=O)[O-])cc21. The Morgan fingerprint density at radius 2 is 2.35 bits per heavy atom. The third kappa shape index (κ3) is 2.25. The highest BCUT2D eigenvalue weighted by atomic mass is 32.2. The lowest BCUT2D eigenvalue weighted by Crippen LogP contribution is -2.37. The molecular formula is C10H10N2O4S. The van der Waals surface area contributed by atoms with Gasteiger partial charge in [0.25, 0.3) is 11.6 Å². The van der Waals surface area contributed by atoms with Crippen LogP contribution in [0, 0.1) is 10.1 Å². The maximum atomic E-state index is 11.5. The van der Waals surface area contributed by atoms with Crippen molar-refractivity contribution in [3.05, 3.63) is 28.3 Å². The van der Waals surface area contributed by atoms with Crippen molar-refractivity contribution in [2.75, 3.05) is 23.8 Å². The Balaban J connectivity index is 2.44. The van der Waals surface area contributed by atoms with Gasteiger partial charge in [-0.25, -0.2) is 0 Å². The number of hydrogen-bond acceptors (Lipinski definition) is 5. The number of aliphatic hydroxyl groups is 1. The highest BCUT2D eigenvalue weighted by Gasteiger charge is 2.24. The van der Waals surface area contributed by atoms with Gasteiger partial charge in [0, 0.05) is 29.3 Å². The molecular weight excluding hydrogens is 244 g/mol. The average Bonchev–Trinajstić information content (AvgIpc) is 2.36. The highest BCUT2D eigenvalue weighted by molar-refractivity contribution is 7.99. The topological polar surface area (TPSA) is 83.7 Å². The molecule has 1 amide bonds. The molecule has 1 N–H and O–H groups in total. The second-order valence-corrected chi connectivity index (χ2v) is 4.60. The number of carbonyl (C=O) groups is 1. The van der Waals surface area contributed by atoms with Crippen molar-refractivity contribution in [3.63, 3.8) is 0 Å². The Labute approximate surface area is 101 Å². The molecule has 1 aliphatic heterocycles. The van der Waals surface area contributed by atoms with Crippen LogP contribution in [0.15, 0.2) is 23.1 Å². The minimum atomic E-state index is -0.590. The van der Waals surface area contributed by atoms with Crippen molar-refractivity contribution in [1.29, 1.82) is 0 Å². The van der Waals surface area contributed by atoms with Gasteiger partial charge in [0.15, 0.2) is 0 Å². The van der Waals surface area contributed by atoms with Crippen LogP contribution in [0.1, 0.15) is 0 Å². The number of anilines is 1. The first-order chi connectivity index (χ1) is 8.13. The first-order valence-corrected chi connectivity index (χ1v) is 5.94. The standard InChI is InChI=1S/C10H10N2O4S/c13-6-10(14)11-3-4-17-9-2-1-7(12(15)16)5-8(9)11/h1-2,5,13H,3-4,6H2. The van der Waals surface area contributed by atoms with E-state index in [1.807, 2.05) is 0 Å². The molecule has 0 atom stereocenters. The molecule has 0 aromatic heterocycles. The van der Waals surface area contributed by atoms with Crippen molar-refractivity contribution in [3.8, 4) is 0 Å². The predicted molar refractivity (Wildman–Crippen MR) is 63.3 cm³/mol. The summed E-state index contributed by atoms with van der Waals surface area (Å²) in [6, 6.07) is 4.42. The fourth-order valence-corrected chi connectivity index (χ4v) is 2.64. The minimum absolute atomic E-state index is 0.0537. The van der Waals surface area contributed by atoms with E-state index in [0.29, 0.717) is 12.2 Å². The first kappa shape index (κ1) is 11.9. The van der Waals surface area contributed by atoms with Gasteiger partial charge in [0.2, 0.25) is 0 Å². The Hall–Kier alpha value is -1.60. The van der Waals surface area contributed by atoms with Crippen molar-refractivity contribution in [2.45, 2.75) is 4.90 Å². The molecule has 1 heterocycles. The predicted octanol–water partition coefficient (Wildman–Crippen LogP) is 1.03. The molecule has 0 radical (unpaired) electrons. The first-order valence-electron chi connectivity index (χ1n) is 4.96. The molecule has 0 saturated carbocycles. The molecule has 0 spiro atoms. The fourth-order valence-electron chi connectivity index (χ4n) is 1.66. The van der Waals surface area contributed by atoms with Crippen LogP contribution in [0.3, 0.4) is 0 Å². The van der Waals surface area contributed by atoms with E-state index >= 15 is 0 Å². The van der Waals surface area contributed by atoms with Gasteiger partial charge < -0.3 is 10.0 Å². The van der Waals surface area contributed by atoms with Gasteiger partial charge in [0.1, 0.15) is 6.61 Å². The molecule has 1 aromatic carbocycles. The number of hydrogen-bond donors (Lipinski definition) is 1. The molecule has 0 fully saturated rings. The zero-order chi connectivity index (χ0) is 12.4. The lowest BCUT2D eigenvalue weighted by atomic mass is 10.2. The maximum Gasteiger partial charge on any atom is 0.271 e. The maximum absolute atomic E-state index is 11.5. The Morgan fingerprint density at radius 1 is 1.59 bits per heavy atom. The van der Waals surface area contributed by atoms with Gasteiger partial charge in [0.05, 0.1) is 10.6 Å². The number of rotatable bonds is 2. The summed E-state index contributed by atoms with van der Waals surface area (Å²) in [5.41, 5.74) is 0.455. The number of nitro benzene ring substituents is 1. The van der Waals surface area contributed by atoms with Gasteiger partial charge in [-0.2, -0.15) is 0 Å². The summed E-state index contributed by atoms with van der Waals surface area (Å²) >= 11 is 1.54. The normalized spacial score (nSPS) is 14.3. The number of benzene rings is 1. The van der Waals surface area contributed by atoms with E-state index in [0.717, 1.165) is 10.6 Å². The van der Waals surface area contributed by atoms with Crippen LogP contribution in [0.25, 0.3) is 0 Å². The molecule has 90 valence electrons. The van der Waals surface area contributed by atoms with Crippen molar-refractivity contribution in [2.24, 2.45) is 0 Å². The van der Waals surface area contributed by atoms with Gasteiger partial charge in [-0.15, -0.1) is 11.8 Å². The number of fused-ring (bicyclic) bond motifs is 1. The molecule has 1 aliphatic rings. The number of non-ortho nitro benzene ring substituents is 1. The second-order valence-electron chi connectivity index (χ2n) is 3.46. The van der Waals surface area contributed by atoms with E-state index in [1.54, 1.807) is 17.8 Å². The average molecular weight is 254 g/mol. The van der Waals surface area contributed by atoms with E-state index in [-0.39, 0.29) is 5.69 Å². The van der Waals surface area contributed by atoms with E-state index < -0.39 is 17.4 Å². The van der Waals surface area contributed by atoms with Gasteiger partial charge in [-0.3, -0.25) is 14.9 Å². The van der Waals surface area contributed by atoms with Crippen LogP contribution in [0.2, 0.25) is 0 Å². The van der Waals surface area contributed by atoms with Crippen LogP contribution in [0.4, 0.5) is 11.4 Å². The summed E-state index contributed by atoms with van der Waals surface area (Å²) in [4.78, 5) is 23.9. The van der Waals surface area contributed by atoms with E-state index in [9.17, 15) is 14.9 Å². The third-order valence-electron chi connectivity index (χ3n) is 2.45. The highest BCUT2D eigenvalue weighted by Crippen LogP contribution is 2.37. The van der Waals surface area contributed by atoms with Crippen molar-refractivity contribution in [1.82, 2.24) is 0 Å². The molecule has 0 saturated heterocycles. The largest absolute Gasteiger partial charge is 0.387 e. The summed E-state index contributed by atoms with van der Waals surface area (Å²) in [5, 5.41) is 19.5. The van der Waals surface area contributed by atoms with Crippen LogP contribution >= 0.6 is 11.8 Å².